The molecule has 116 valence electrons. The first-order chi connectivity index (χ1) is 10.5. The maximum absolute atomic E-state index is 12.2. The number of nitrogens with one attached hydrogen (secondary N) is 1. The minimum Gasteiger partial charge on any atom is -0.493 e. The molecule has 2 rings (SSSR count). The molecule has 22 heavy (non-hydrogen) atoms. The number of carbonyl (C=O) groups is 1. The number of anilines is 1. The first-order valence-corrected chi connectivity index (χ1v) is 7.25. The smallest absolute Gasteiger partial charge is 0.181 e. The second kappa shape index (κ2) is 7.38. The van der Waals surface area contributed by atoms with Gasteiger partial charge in [0.2, 0.25) is 0 Å². The van der Waals surface area contributed by atoms with Crippen molar-refractivity contribution in [3.05, 3.63) is 52.0 Å². The highest BCUT2D eigenvalue weighted by Crippen LogP contribution is 2.28. The Morgan fingerprint density at radius 3 is 2.45 bits per heavy atom. The largest absolute Gasteiger partial charge is 0.493 e. The number of benzene rings is 2. The number of ether oxygens (including phenoxy) is 2. The van der Waals surface area contributed by atoms with Crippen LogP contribution in [0.5, 0.6) is 11.5 Å². The van der Waals surface area contributed by atoms with Crippen LogP contribution in [-0.2, 0) is 0 Å². The Morgan fingerprint density at radius 2 is 1.77 bits per heavy atom. The summed E-state index contributed by atoms with van der Waals surface area (Å²) in [6.07, 6.45) is 0. The Kier molecular flexibility index (Phi) is 5.52. The predicted molar refractivity (Wildman–Crippen MR) is 88.8 cm³/mol. The molecule has 2 aromatic carbocycles. The molecule has 0 radical (unpaired) electrons. The lowest BCUT2D eigenvalue weighted by molar-refractivity contribution is 0.101. The maximum Gasteiger partial charge on any atom is 0.181 e. The zero-order chi connectivity index (χ0) is 16.1. The van der Waals surface area contributed by atoms with E-state index < -0.39 is 0 Å². The molecule has 0 saturated heterocycles. The molecule has 0 spiro atoms. The number of hydrogen-bond donors (Lipinski definition) is 1. The average Bonchev–Trinajstić information content (AvgIpc) is 2.54. The maximum atomic E-state index is 12.2. The Hall–Kier alpha value is -1.91. The summed E-state index contributed by atoms with van der Waals surface area (Å²) in [5.74, 6) is 0.982. The van der Waals surface area contributed by atoms with Crippen LogP contribution in [0.25, 0.3) is 0 Å². The van der Waals surface area contributed by atoms with Crippen LogP contribution in [0.3, 0.4) is 0 Å². The summed E-state index contributed by atoms with van der Waals surface area (Å²) < 4.78 is 10.3. The molecule has 0 fully saturated rings. The highest BCUT2D eigenvalue weighted by atomic mass is 35.5. The summed E-state index contributed by atoms with van der Waals surface area (Å²) in [6, 6.07) is 10.1. The fourth-order valence-electron chi connectivity index (χ4n) is 1.92. The molecule has 0 aliphatic rings. The van der Waals surface area contributed by atoms with Gasteiger partial charge in [-0.25, -0.2) is 0 Å². The second-order valence-corrected chi connectivity index (χ2v) is 5.31. The third-order valence-corrected chi connectivity index (χ3v) is 3.64. The third kappa shape index (κ3) is 3.84. The second-order valence-electron chi connectivity index (χ2n) is 4.47. The van der Waals surface area contributed by atoms with E-state index in [0.717, 1.165) is 0 Å². The highest BCUT2D eigenvalue weighted by Gasteiger charge is 2.11. The van der Waals surface area contributed by atoms with Crippen molar-refractivity contribution in [3.8, 4) is 11.5 Å². The van der Waals surface area contributed by atoms with Gasteiger partial charge in [0.25, 0.3) is 0 Å². The molecule has 4 nitrogen and oxygen atoms in total. The van der Waals surface area contributed by atoms with E-state index in [1.54, 1.807) is 43.5 Å². The summed E-state index contributed by atoms with van der Waals surface area (Å²) in [5.41, 5.74) is 1.13. The van der Waals surface area contributed by atoms with Gasteiger partial charge in [0.15, 0.2) is 17.3 Å². The molecule has 6 heteroatoms. The van der Waals surface area contributed by atoms with Gasteiger partial charge in [-0.15, -0.1) is 0 Å². The molecule has 0 aliphatic carbocycles. The van der Waals surface area contributed by atoms with Gasteiger partial charge in [0.1, 0.15) is 0 Å². The van der Waals surface area contributed by atoms with Crippen molar-refractivity contribution in [2.45, 2.75) is 0 Å². The van der Waals surface area contributed by atoms with Crippen molar-refractivity contribution in [1.29, 1.82) is 0 Å². The van der Waals surface area contributed by atoms with Crippen molar-refractivity contribution in [2.75, 3.05) is 26.1 Å². The van der Waals surface area contributed by atoms with Gasteiger partial charge in [-0.3, -0.25) is 4.79 Å². The van der Waals surface area contributed by atoms with Crippen molar-refractivity contribution >= 4 is 34.7 Å². The summed E-state index contributed by atoms with van der Waals surface area (Å²) >= 11 is 12.0. The number of carbonyl (C=O) groups excluding carboxylic acids is 1. The number of halogens is 2. The molecule has 0 aliphatic heterocycles. The van der Waals surface area contributed by atoms with Gasteiger partial charge < -0.3 is 14.8 Å². The molecular formula is C16H15Cl2NO3. The lowest BCUT2D eigenvalue weighted by Crippen LogP contribution is -2.14. The average molecular weight is 340 g/mol. The van der Waals surface area contributed by atoms with Gasteiger partial charge in [0, 0.05) is 10.6 Å². The molecule has 0 bridgehead atoms. The van der Waals surface area contributed by atoms with Gasteiger partial charge >= 0.3 is 0 Å². The van der Waals surface area contributed by atoms with Crippen LogP contribution in [-0.4, -0.2) is 26.5 Å². The zero-order valence-electron chi connectivity index (χ0n) is 12.2. The summed E-state index contributed by atoms with van der Waals surface area (Å²) in [6.45, 7) is 0.0928. The lowest BCUT2D eigenvalue weighted by atomic mass is 10.1. The lowest BCUT2D eigenvalue weighted by Gasteiger charge is -2.11. The van der Waals surface area contributed by atoms with Crippen molar-refractivity contribution in [1.82, 2.24) is 0 Å². The van der Waals surface area contributed by atoms with E-state index in [1.807, 2.05) is 0 Å². The molecule has 1 N–H and O–H groups in total. The van der Waals surface area contributed by atoms with Crippen LogP contribution >= 0.6 is 23.2 Å². The quantitative estimate of drug-likeness (QED) is 0.797. The first kappa shape index (κ1) is 16.5. The Morgan fingerprint density at radius 1 is 1.05 bits per heavy atom. The predicted octanol–water partition coefficient (Wildman–Crippen LogP) is 4.31. The molecule has 0 saturated carbocycles. The SMILES string of the molecule is COc1ccc(C(=O)CNc2cc(Cl)ccc2Cl)cc1OC. The molecule has 0 amide bonds. The molecule has 0 unspecified atom stereocenters. The Labute approximate surface area is 138 Å². The number of hydrogen-bond acceptors (Lipinski definition) is 4. The normalized spacial score (nSPS) is 10.2. The Balaban J connectivity index is 2.11. The number of Topliss-reactive ketones (excluding diaryl/α,β-unsaturated/α-hetero) is 1. The van der Waals surface area contributed by atoms with Gasteiger partial charge in [-0.2, -0.15) is 0 Å². The van der Waals surface area contributed by atoms with Crippen LogP contribution in [0.2, 0.25) is 10.0 Å². The minimum atomic E-state index is -0.100. The van der Waals surface area contributed by atoms with Gasteiger partial charge in [-0.05, 0) is 36.4 Å². The number of ketones is 1. The monoisotopic (exact) mass is 339 g/mol. The standard InChI is InChI=1S/C16H15Cl2NO3/c1-21-15-6-3-10(7-16(15)22-2)14(20)9-19-13-8-11(17)4-5-12(13)18/h3-8,19H,9H2,1-2H3. The molecule has 0 heterocycles. The molecule has 2 aromatic rings. The van der Waals surface area contributed by atoms with Gasteiger partial charge in [0.05, 0.1) is 31.5 Å². The van der Waals surface area contributed by atoms with E-state index in [9.17, 15) is 4.79 Å². The van der Waals surface area contributed by atoms with E-state index in [4.69, 9.17) is 32.7 Å². The van der Waals surface area contributed by atoms with E-state index >= 15 is 0 Å². The molecule has 0 atom stereocenters. The van der Waals surface area contributed by atoms with Crippen LogP contribution in [0.1, 0.15) is 10.4 Å². The van der Waals surface area contributed by atoms with Crippen LogP contribution in [0.15, 0.2) is 36.4 Å². The van der Waals surface area contributed by atoms with Crippen molar-refractivity contribution < 1.29 is 14.3 Å². The highest BCUT2D eigenvalue weighted by molar-refractivity contribution is 6.35. The number of rotatable bonds is 6. The van der Waals surface area contributed by atoms with E-state index in [-0.39, 0.29) is 12.3 Å². The van der Waals surface area contributed by atoms with Crippen LogP contribution in [0, 0.1) is 0 Å². The van der Waals surface area contributed by atoms with E-state index in [0.29, 0.717) is 32.8 Å². The summed E-state index contributed by atoms with van der Waals surface area (Å²) in [7, 11) is 3.07. The van der Waals surface area contributed by atoms with Crippen LogP contribution in [0.4, 0.5) is 5.69 Å². The summed E-state index contributed by atoms with van der Waals surface area (Å²) in [5, 5.41) is 4.03. The van der Waals surface area contributed by atoms with Crippen LogP contribution < -0.4 is 14.8 Å². The summed E-state index contributed by atoms with van der Waals surface area (Å²) in [4.78, 5) is 12.2. The molecular weight excluding hydrogens is 325 g/mol. The number of methoxy groups -OCH3 is 2. The minimum absolute atomic E-state index is 0.0928. The van der Waals surface area contributed by atoms with E-state index in [2.05, 4.69) is 5.32 Å². The van der Waals surface area contributed by atoms with E-state index in [1.165, 1.54) is 7.11 Å². The van der Waals surface area contributed by atoms with Crippen molar-refractivity contribution in [3.63, 3.8) is 0 Å². The molecule has 0 aromatic heterocycles. The zero-order valence-corrected chi connectivity index (χ0v) is 13.7. The van der Waals surface area contributed by atoms with Crippen molar-refractivity contribution in [2.24, 2.45) is 0 Å². The fourth-order valence-corrected chi connectivity index (χ4v) is 2.28. The third-order valence-electron chi connectivity index (χ3n) is 3.07. The Bertz CT molecular complexity index is 689. The van der Waals surface area contributed by atoms with Gasteiger partial charge in [-0.1, -0.05) is 23.2 Å². The topological polar surface area (TPSA) is 47.6 Å². The first-order valence-electron chi connectivity index (χ1n) is 6.49. The fraction of sp³-hybridized carbons (Fsp3) is 0.188.